The van der Waals surface area contributed by atoms with Crippen LogP contribution in [0.25, 0.3) is 0 Å². The normalized spacial score (nSPS) is 13.6. The number of nitrogens with two attached hydrogens (primary N) is 1. The van der Waals surface area contributed by atoms with Crippen molar-refractivity contribution in [2.45, 2.75) is 19.4 Å². The van der Waals surface area contributed by atoms with E-state index >= 15 is 0 Å². The van der Waals surface area contributed by atoms with E-state index in [2.05, 4.69) is 4.98 Å². The molecule has 0 bridgehead atoms. The maximum Gasteiger partial charge on any atom is 0.195 e. The third-order valence-corrected chi connectivity index (χ3v) is 0.980. The van der Waals surface area contributed by atoms with Gasteiger partial charge in [0.05, 0.1) is 6.20 Å². The zero-order chi connectivity index (χ0) is 6.69. The van der Waals surface area contributed by atoms with E-state index in [0.717, 1.165) is 0 Å². The van der Waals surface area contributed by atoms with Gasteiger partial charge in [-0.25, -0.2) is 4.98 Å². The summed E-state index contributed by atoms with van der Waals surface area (Å²) in [6.07, 6.45) is 3.89. The summed E-state index contributed by atoms with van der Waals surface area (Å²) in [4.78, 5) is 3.91. The van der Waals surface area contributed by atoms with Gasteiger partial charge in [-0.05, 0) is 6.92 Å². The van der Waals surface area contributed by atoms with Crippen LogP contribution in [0.4, 0.5) is 0 Å². The van der Waals surface area contributed by atoms with Crippen LogP contribution in [0.2, 0.25) is 0 Å². The third-order valence-electron chi connectivity index (χ3n) is 0.980. The van der Waals surface area contributed by atoms with Crippen LogP contribution in [0, 0.1) is 0 Å². The molecule has 9 heavy (non-hydrogen) atoms. The number of hydrogen-bond acceptors (Lipinski definition) is 3. The second-order valence-corrected chi connectivity index (χ2v) is 2.11. The number of nitrogens with zero attached hydrogens (tertiary/aromatic N) is 1. The summed E-state index contributed by atoms with van der Waals surface area (Å²) in [5.41, 5.74) is 5.48. The van der Waals surface area contributed by atoms with Gasteiger partial charge in [0.15, 0.2) is 5.89 Å². The molecule has 0 amide bonds. The minimum absolute atomic E-state index is 0.128. The summed E-state index contributed by atoms with van der Waals surface area (Å²) in [6.45, 7) is 1.92. The van der Waals surface area contributed by atoms with Gasteiger partial charge in [-0.1, -0.05) is 0 Å². The van der Waals surface area contributed by atoms with E-state index in [-0.39, 0.29) is 6.04 Å². The second kappa shape index (κ2) is 2.64. The van der Waals surface area contributed by atoms with Crippen molar-refractivity contribution >= 4 is 0 Å². The first-order valence-electron chi connectivity index (χ1n) is 2.93. The summed E-state index contributed by atoms with van der Waals surface area (Å²) in [7, 11) is 0. The Hall–Kier alpha value is -0.830. The lowest BCUT2D eigenvalue weighted by atomic mass is 10.2. The van der Waals surface area contributed by atoms with E-state index in [1.807, 2.05) is 6.92 Å². The lowest BCUT2D eigenvalue weighted by Crippen LogP contribution is -2.17. The highest BCUT2D eigenvalue weighted by Crippen LogP contribution is 1.96. The Morgan fingerprint density at radius 3 is 3.11 bits per heavy atom. The molecule has 1 aromatic rings. The monoisotopic (exact) mass is 126 g/mol. The molecule has 1 heterocycles. The fourth-order valence-electron chi connectivity index (χ4n) is 0.629. The van der Waals surface area contributed by atoms with Crippen molar-refractivity contribution in [2.24, 2.45) is 5.73 Å². The Labute approximate surface area is 53.9 Å². The van der Waals surface area contributed by atoms with Crippen LogP contribution in [0.1, 0.15) is 12.8 Å². The molecule has 1 aromatic heterocycles. The minimum Gasteiger partial charge on any atom is -0.449 e. The van der Waals surface area contributed by atoms with Crippen molar-refractivity contribution in [1.82, 2.24) is 4.98 Å². The smallest absolute Gasteiger partial charge is 0.195 e. The zero-order valence-electron chi connectivity index (χ0n) is 5.37. The van der Waals surface area contributed by atoms with E-state index < -0.39 is 0 Å². The quantitative estimate of drug-likeness (QED) is 0.630. The molecule has 0 fully saturated rings. The summed E-state index contributed by atoms with van der Waals surface area (Å²) >= 11 is 0. The summed E-state index contributed by atoms with van der Waals surface area (Å²) < 4.78 is 4.95. The van der Waals surface area contributed by atoms with Gasteiger partial charge in [-0.3, -0.25) is 0 Å². The molecule has 0 aliphatic heterocycles. The third kappa shape index (κ3) is 1.85. The van der Waals surface area contributed by atoms with Gasteiger partial charge < -0.3 is 10.2 Å². The summed E-state index contributed by atoms with van der Waals surface area (Å²) in [6, 6.07) is 0.128. The molecule has 3 nitrogen and oxygen atoms in total. The summed E-state index contributed by atoms with van der Waals surface area (Å²) in [5.74, 6) is 0.713. The zero-order valence-corrected chi connectivity index (χ0v) is 5.37. The van der Waals surface area contributed by atoms with E-state index in [4.69, 9.17) is 10.2 Å². The van der Waals surface area contributed by atoms with Crippen LogP contribution in [0.5, 0.6) is 0 Å². The van der Waals surface area contributed by atoms with Crippen molar-refractivity contribution in [1.29, 1.82) is 0 Å². The Bertz CT molecular complexity index is 158. The van der Waals surface area contributed by atoms with Crippen molar-refractivity contribution < 1.29 is 4.42 Å². The molecule has 1 rings (SSSR count). The number of oxazole rings is 1. The Morgan fingerprint density at radius 2 is 2.67 bits per heavy atom. The molecule has 0 saturated heterocycles. The fraction of sp³-hybridized carbons (Fsp3) is 0.500. The molecule has 0 saturated carbocycles. The highest BCUT2D eigenvalue weighted by molar-refractivity contribution is 4.82. The van der Waals surface area contributed by atoms with Gasteiger partial charge in [0.2, 0.25) is 0 Å². The average Bonchev–Trinajstić information content (AvgIpc) is 2.15. The van der Waals surface area contributed by atoms with Gasteiger partial charge >= 0.3 is 0 Å². The second-order valence-electron chi connectivity index (χ2n) is 2.11. The van der Waals surface area contributed by atoms with Crippen molar-refractivity contribution in [3.05, 3.63) is 18.4 Å². The number of hydrogen-bond donors (Lipinski definition) is 1. The first-order chi connectivity index (χ1) is 4.29. The van der Waals surface area contributed by atoms with Gasteiger partial charge in [-0.2, -0.15) is 0 Å². The maximum atomic E-state index is 5.48. The van der Waals surface area contributed by atoms with Crippen LogP contribution < -0.4 is 5.73 Å². The Kier molecular flexibility index (Phi) is 1.85. The predicted molar refractivity (Wildman–Crippen MR) is 33.9 cm³/mol. The molecule has 0 aliphatic carbocycles. The molecule has 0 spiro atoms. The van der Waals surface area contributed by atoms with Gasteiger partial charge in [0, 0.05) is 12.5 Å². The molecule has 0 aromatic carbocycles. The van der Waals surface area contributed by atoms with E-state index in [1.54, 1.807) is 12.5 Å². The first-order valence-corrected chi connectivity index (χ1v) is 2.93. The van der Waals surface area contributed by atoms with Crippen LogP contribution in [0.3, 0.4) is 0 Å². The maximum absolute atomic E-state index is 5.48. The number of rotatable bonds is 2. The SMILES string of the molecule is C[C@H](N)Cc1ncco1. The van der Waals surface area contributed by atoms with Crippen LogP contribution >= 0.6 is 0 Å². The first kappa shape index (κ1) is 6.29. The average molecular weight is 126 g/mol. The fourth-order valence-corrected chi connectivity index (χ4v) is 0.629. The van der Waals surface area contributed by atoms with E-state index in [9.17, 15) is 0 Å². The molecule has 3 heteroatoms. The minimum atomic E-state index is 0.128. The molecule has 50 valence electrons. The molecule has 1 atom stereocenters. The predicted octanol–water partition coefficient (Wildman–Crippen LogP) is 0.564. The molecular weight excluding hydrogens is 116 g/mol. The lowest BCUT2D eigenvalue weighted by molar-refractivity contribution is 0.477. The molecular formula is C6H10N2O. The highest BCUT2D eigenvalue weighted by atomic mass is 16.3. The van der Waals surface area contributed by atoms with Crippen molar-refractivity contribution in [2.75, 3.05) is 0 Å². The highest BCUT2D eigenvalue weighted by Gasteiger charge is 1.99. The summed E-state index contributed by atoms with van der Waals surface area (Å²) in [5, 5.41) is 0. The van der Waals surface area contributed by atoms with Crippen LogP contribution in [-0.2, 0) is 6.42 Å². The largest absolute Gasteiger partial charge is 0.449 e. The van der Waals surface area contributed by atoms with Crippen molar-refractivity contribution in [3.63, 3.8) is 0 Å². The topological polar surface area (TPSA) is 52.0 Å². The van der Waals surface area contributed by atoms with Crippen LogP contribution in [-0.4, -0.2) is 11.0 Å². The van der Waals surface area contributed by atoms with Gasteiger partial charge in [-0.15, -0.1) is 0 Å². The molecule has 0 unspecified atom stereocenters. The van der Waals surface area contributed by atoms with Gasteiger partial charge in [0.1, 0.15) is 6.26 Å². The standard InChI is InChI=1S/C6H10N2O/c1-5(7)4-6-8-2-3-9-6/h2-3,5H,4,7H2,1H3/t5-/m0/s1. The lowest BCUT2D eigenvalue weighted by Gasteiger charge is -1.97. The van der Waals surface area contributed by atoms with Crippen molar-refractivity contribution in [3.8, 4) is 0 Å². The Balaban J connectivity index is 2.48. The molecule has 2 N–H and O–H groups in total. The number of aromatic nitrogens is 1. The molecule has 0 radical (unpaired) electrons. The van der Waals surface area contributed by atoms with Crippen LogP contribution in [0.15, 0.2) is 16.9 Å². The molecule has 0 aliphatic rings. The van der Waals surface area contributed by atoms with E-state index in [1.165, 1.54) is 0 Å². The van der Waals surface area contributed by atoms with E-state index in [0.29, 0.717) is 12.3 Å². The Morgan fingerprint density at radius 1 is 1.89 bits per heavy atom. The van der Waals surface area contributed by atoms with Gasteiger partial charge in [0.25, 0.3) is 0 Å².